The molecule has 2 atom stereocenters. The first-order valence-corrected chi connectivity index (χ1v) is 7.58. The first kappa shape index (κ1) is 15.3. The Balaban J connectivity index is 2.10. The smallest absolute Gasteiger partial charge is 0.305 e. The highest BCUT2D eigenvalue weighted by Crippen LogP contribution is 2.37. The van der Waals surface area contributed by atoms with Crippen molar-refractivity contribution in [2.75, 3.05) is 13.7 Å². The summed E-state index contributed by atoms with van der Waals surface area (Å²) in [6, 6.07) is 3.95. The van der Waals surface area contributed by atoms with E-state index in [1.807, 2.05) is 13.0 Å². The lowest BCUT2D eigenvalue weighted by Gasteiger charge is -2.19. The molecule has 110 valence electrons. The molecule has 1 aliphatic heterocycles. The summed E-state index contributed by atoms with van der Waals surface area (Å²) in [4.78, 5) is 11.3. The van der Waals surface area contributed by atoms with Crippen molar-refractivity contribution in [2.24, 2.45) is 11.7 Å². The minimum Gasteiger partial charge on any atom is -0.493 e. The largest absolute Gasteiger partial charge is 0.493 e. The molecule has 1 aromatic carbocycles. The number of benzene rings is 1. The predicted molar refractivity (Wildman–Crippen MR) is 80.7 cm³/mol. The minimum atomic E-state index is -0.194. The van der Waals surface area contributed by atoms with E-state index in [-0.39, 0.29) is 17.9 Å². The van der Waals surface area contributed by atoms with Gasteiger partial charge in [-0.2, -0.15) is 0 Å². The van der Waals surface area contributed by atoms with Crippen LogP contribution in [0.3, 0.4) is 0 Å². The van der Waals surface area contributed by atoms with E-state index in [9.17, 15) is 4.79 Å². The van der Waals surface area contributed by atoms with Crippen LogP contribution in [0, 0.1) is 5.92 Å². The number of fused-ring (bicyclic) bond motifs is 1. The van der Waals surface area contributed by atoms with Crippen LogP contribution in [0.2, 0.25) is 0 Å². The third kappa shape index (κ3) is 3.52. The Morgan fingerprint density at radius 3 is 3.00 bits per heavy atom. The maximum Gasteiger partial charge on any atom is 0.305 e. The van der Waals surface area contributed by atoms with Gasteiger partial charge in [0.05, 0.1) is 13.7 Å². The van der Waals surface area contributed by atoms with E-state index in [1.54, 1.807) is 0 Å². The normalized spacial score (nSPS) is 16.2. The number of rotatable bonds is 5. The zero-order chi connectivity index (χ0) is 14.7. The molecule has 20 heavy (non-hydrogen) atoms. The fraction of sp³-hybridized carbons (Fsp3) is 0.533. The summed E-state index contributed by atoms with van der Waals surface area (Å²) in [5.74, 6) is 0.903. The maximum atomic E-state index is 11.3. The van der Waals surface area contributed by atoms with E-state index in [0.717, 1.165) is 28.6 Å². The van der Waals surface area contributed by atoms with Gasteiger partial charge in [0.15, 0.2) is 0 Å². The van der Waals surface area contributed by atoms with Crippen molar-refractivity contribution in [3.8, 4) is 5.75 Å². The maximum absolute atomic E-state index is 11.3. The van der Waals surface area contributed by atoms with Gasteiger partial charge in [0, 0.05) is 28.9 Å². The summed E-state index contributed by atoms with van der Waals surface area (Å²) in [6.07, 6.45) is 2.04. The first-order valence-electron chi connectivity index (χ1n) is 6.78. The Bertz CT molecular complexity index is 504. The number of carbonyl (C=O) groups excluding carboxylic acids is 1. The van der Waals surface area contributed by atoms with E-state index in [4.69, 9.17) is 10.5 Å². The Morgan fingerprint density at radius 1 is 1.55 bits per heavy atom. The topological polar surface area (TPSA) is 61.5 Å². The van der Waals surface area contributed by atoms with Crippen molar-refractivity contribution in [2.45, 2.75) is 32.2 Å². The Kier molecular flexibility index (Phi) is 5.05. The molecule has 0 aromatic heterocycles. The zero-order valence-corrected chi connectivity index (χ0v) is 13.4. The van der Waals surface area contributed by atoms with Gasteiger partial charge in [-0.15, -0.1) is 0 Å². The molecule has 0 bridgehead atoms. The zero-order valence-electron chi connectivity index (χ0n) is 11.8. The summed E-state index contributed by atoms with van der Waals surface area (Å²) in [6.45, 7) is 2.72. The van der Waals surface area contributed by atoms with Crippen molar-refractivity contribution in [1.82, 2.24) is 0 Å². The lowest BCUT2D eigenvalue weighted by molar-refractivity contribution is -0.141. The van der Waals surface area contributed by atoms with E-state index < -0.39 is 0 Å². The molecule has 0 saturated heterocycles. The first-order chi connectivity index (χ1) is 9.51. The molecule has 1 aromatic rings. The summed E-state index contributed by atoms with van der Waals surface area (Å²) in [5, 5.41) is 0. The molecule has 0 aliphatic carbocycles. The van der Waals surface area contributed by atoms with Crippen LogP contribution in [0.15, 0.2) is 16.6 Å². The van der Waals surface area contributed by atoms with E-state index >= 15 is 0 Å². The lowest BCUT2D eigenvalue weighted by Crippen LogP contribution is -2.17. The molecular weight excluding hydrogens is 322 g/mol. The van der Waals surface area contributed by atoms with Crippen molar-refractivity contribution < 1.29 is 14.3 Å². The van der Waals surface area contributed by atoms with Gasteiger partial charge in [-0.05, 0) is 30.0 Å². The molecule has 1 aliphatic rings. The van der Waals surface area contributed by atoms with Gasteiger partial charge in [-0.1, -0.05) is 22.9 Å². The predicted octanol–water partition coefficient (Wildman–Crippen LogP) is 2.97. The SMILES string of the molecule is COC(=O)CC(C)CC(N)c1cc(Br)cc2c1OCC2. The number of hydrogen-bond acceptors (Lipinski definition) is 4. The van der Waals surface area contributed by atoms with Gasteiger partial charge in [0.1, 0.15) is 5.75 Å². The van der Waals surface area contributed by atoms with Crippen LogP contribution in [0.5, 0.6) is 5.75 Å². The second-order valence-corrected chi connectivity index (χ2v) is 6.23. The Morgan fingerprint density at radius 2 is 2.30 bits per heavy atom. The van der Waals surface area contributed by atoms with Gasteiger partial charge in [-0.3, -0.25) is 4.79 Å². The number of esters is 1. The quantitative estimate of drug-likeness (QED) is 0.836. The van der Waals surface area contributed by atoms with Crippen LogP contribution in [-0.2, 0) is 16.0 Å². The number of hydrogen-bond donors (Lipinski definition) is 1. The highest BCUT2D eigenvalue weighted by atomic mass is 79.9. The molecule has 0 amide bonds. The third-order valence-electron chi connectivity index (χ3n) is 3.58. The summed E-state index contributed by atoms with van der Waals surface area (Å²) >= 11 is 3.52. The van der Waals surface area contributed by atoms with Crippen molar-refractivity contribution in [3.63, 3.8) is 0 Å². The average molecular weight is 342 g/mol. The summed E-state index contributed by atoms with van der Waals surface area (Å²) in [7, 11) is 1.41. The highest BCUT2D eigenvalue weighted by molar-refractivity contribution is 9.10. The van der Waals surface area contributed by atoms with Crippen LogP contribution in [0.25, 0.3) is 0 Å². The van der Waals surface area contributed by atoms with E-state index in [2.05, 4.69) is 26.7 Å². The van der Waals surface area contributed by atoms with Crippen LogP contribution in [0.1, 0.15) is 36.9 Å². The van der Waals surface area contributed by atoms with Crippen molar-refractivity contribution in [3.05, 3.63) is 27.7 Å². The van der Waals surface area contributed by atoms with Gasteiger partial charge in [0.2, 0.25) is 0 Å². The molecule has 0 radical (unpaired) electrons. The number of methoxy groups -OCH3 is 1. The van der Waals surface area contributed by atoms with Crippen LogP contribution < -0.4 is 10.5 Å². The molecule has 2 unspecified atom stereocenters. The van der Waals surface area contributed by atoms with E-state index in [1.165, 1.54) is 12.7 Å². The molecular formula is C15H20BrNO3. The second kappa shape index (κ2) is 6.59. The third-order valence-corrected chi connectivity index (χ3v) is 4.03. The molecule has 0 spiro atoms. The van der Waals surface area contributed by atoms with Crippen molar-refractivity contribution >= 4 is 21.9 Å². The highest BCUT2D eigenvalue weighted by Gasteiger charge is 2.23. The molecule has 4 nitrogen and oxygen atoms in total. The van der Waals surface area contributed by atoms with Gasteiger partial charge < -0.3 is 15.2 Å². The second-order valence-electron chi connectivity index (χ2n) is 5.31. The van der Waals surface area contributed by atoms with Gasteiger partial charge >= 0.3 is 5.97 Å². The van der Waals surface area contributed by atoms with Crippen LogP contribution >= 0.6 is 15.9 Å². The number of ether oxygens (including phenoxy) is 2. The number of carbonyl (C=O) groups is 1. The van der Waals surface area contributed by atoms with Crippen LogP contribution in [-0.4, -0.2) is 19.7 Å². The lowest BCUT2D eigenvalue weighted by atomic mass is 9.93. The molecule has 5 heteroatoms. The number of halogens is 1. The molecule has 1 heterocycles. The van der Waals surface area contributed by atoms with Crippen molar-refractivity contribution in [1.29, 1.82) is 0 Å². The van der Waals surface area contributed by atoms with Gasteiger partial charge in [-0.25, -0.2) is 0 Å². The molecule has 0 saturated carbocycles. The summed E-state index contributed by atoms with van der Waals surface area (Å²) in [5.41, 5.74) is 8.52. The molecule has 2 rings (SSSR count). The standard InChI is InChI=1S/C15H20BrNO3/c1-9(6-14(18)19-2)5-13(17)12-8-11(16)7-10-3-4-20-15(10)12/h7-9,13H,3-6,17H2,1-2H3. The fourth-order valence-corrected chi connectivity index (χ4v) is 3.11. The van der Waals surface area contributed by atoms with Crippen LogP contribution in [0.4, 0.5) is 0 Å². The van der Waals surface area contributed by atoms with E-state index in [0.29, 0.717) is 13.0 Å². The molecule has 0 fully saturated rings. The average Bonchev–Trinajstić information content (AvgIpc) is 2.85. The Hall–Kier alpha value is -1.07. The summed E-state index contributed by atoms with van der Waals surface area (Å²) < 4.78 is 11.4. The fourth-order valence-electron chi connectivity index (χ4n) is 2.59. The molecule has 2 N–H and O–H groups in total. The monoisotopic (exact) mass is 341 g/mol. The minimum absolute atomic E-state index is 0.140. The Labute approximate surface area is 127 Å². The van der Waals surface area contributed by atoms with Gasteiger partial charge in [0.25, 0.3) is 0 Å². The number of nitrogens with two attached hydrogens (primary N) is 1.